The quantitative estimate of drug-likeness (QED) is 0.499. The summed E-state index contributed by atoms with van der Waals surface area (Å²) in [4.78, 5) is 27.6. The van der Waals surface area contributed by atoms with Gasteiger partial charge in [-0.2, -0.15) is 0 Å². The van der Waals surface area contributed by atoms with E-state index in [0.717, 1.165) is 38.1 Å². The van der Waals surface area contributed by atoms with Gasteiger partial charge in [-0.15, -0.1) is 0 Å². The molecule has 0 aromatic heterocycles. The van der Waals surface area contributed by atoms with E-state index in [-0.39, 0.29) is 12.5 Å². The lowest BCUT2D eigenvalue weighted by Gasteiger charge is -2.31. The molecule has 0 bridgehead atoms. The SMILES string of the molecule is CCCNC(=O)C(C)N(Cc1cccc(Br)c1)C(=O)CN(c1ccc(C)c(C)c1)S(C)(=O)=O. The maximum atomic E-state index is 13.5. The summed E-state index contributed by atoms with van der Waals surface area (Å²) in [6.07, 6.45) is 1.85. The van der Waals surface area contributed by atoms with Crippen molar-refractivity contribution in [2.75, 3.05) is 23.7 Å². The van der Waals surface area contributed by atoms with Gasteiger partial charge in [0.25, 0.3) is 0 Å². The Morgan fingerprint density at radius 2 is 1.79 bits per heavy atom. The second kappa shape index (κ2) is 11.7. The van der Waals surface area contributed by atoms with Crippen molar-refractivity contribution in [1.82, 2.24) is 10.2 Å². The van der Waals surface area contributed by atoms with Crippen LogP contribution in [0.2, 0.25) is 0 Å². The summed E-state index contributed by atoms with van der Waals surface area (Å²) < 4.78 is 27.1. The highest BCUT2D eigenvalue weighted by molar-refractivity contribution is 9.10. The van der Waals surface area contributed by atoms with Gasteiger partial charge in [0.2, 0.25) is 21.8 Å². The first-order valence-corrected chi connectivity index (χ1v) is 13.4. The summed E-state index contributed by atoms with van der Waals surface area (Å²) in [5.74, 6) is -0.741. The van der Waals surface area contributed by atoms with Crippen molar-refractivity contribution in [2.45, 2.75) is 46.7 Å². The van der Waals surface area contributed by atoms with Gasteiger partial charge >= 0.3 is 0 Å². The molecule has 0 aliphatic heterocycles. The van der Waals surface area contributed by atoms with E-state index in [1.807, 2.05) is 51.1 Å². The third-order valence-corrected chi connectivity index (χ3v) is 7.05. The lowest BCUT2D eigenvalue weighted by molar-refractivity contribution is -0.139. The van der Waals surface area contributed by atoms with Crippen molar-refractivity contribution in [3.05, 3.63) is 63.6 Å². The largest absolute Gasteiger partial charge is 0.354 e. The van der Waals surface area contributed by atoms with E-state index < -0.39 is 28.5 Å². The molecule has 0 radical (unpaired) electrons. The number of benzene rings is 2. The smallest absolute Gasteiger partial charge is 0.244 e. The van der Waals surface area contributed by atoms with Crippen molar-refractivity contribution < 1.29 is 18.0 Å². The van der Waals surface area contributed by atoms with Crippen LogP contribution in [0.1, 0.15) is 37.0 Å². The molecule has 2 amide bonds. The summed E-state index contributed by atoms with van der Waals surface area (Å²) in [5, 5.41) is 2.82. The van der Waals surface area contributed by atoms with Crippen molar-refractivity contribution in [3.8, 4) is 0 Å². The molecule has 0 aliphatic carbocycles. The minimum Gasteiger partial charge on any atom is -0.354 e. The normalized spacial score (nSPS) is 12.2. The molecule has 2 aromatic rings. The molecule has 0 heterocycles. The Morgan fingerprint density at radius 3 is 2.36 bits per heavy atom. The number of amides is 2. The van der Waals surface area contributed by atoms with Crippen LogP contribution < -0.4 is 9.62 Å². The number of aryl methyl sites for hydroxylation is 2. The number of sulfonamides is 1. The molecular weight excluding hydrogens is 506 g/mol. The minimum atomic E-state index is -3.74. The van der Waals surface area contributed by atoms with Gasteiger partial charge < -0.3 is 10.2 Å². The first kappa shape index (κ1) is 26.9. The summed E-state index contributed by atoms with van der Waals surface area (Å²) in [6, 6.07) is 11.9. The average Bonchev–Trinajstić information content (AvgIpc) is 2.74. The Balaban J connectivity index is 2.39. The van der Waals surface area contributed by atoms with Gasteiger partial charge in [-0.1, -0.05) is 41.1 Å². The van der Waals surface area contributed by atoms with Gasteiger partial charge in [0.05, 0.1) is 11.9 Å². The van der Waals surface area contributed by atoms with Gasteiger partial charge in [0.15, 0.2) is 0 Å². The Hall–Kier alpha value is -2.39. The molecule has 1 atom stereocenters. The maximum absolute atomic E-state index is 13.5. The molecule has 2 aromatic carbocycles. The van der Waals surface area contributed by atoms with Crippen LogP contribution in [0.3, 0.4) is 0 Å². The lowest BCUT2D eigenvalue weighted by atomic mass is 10.1. The second-order valence-electron chi connectivity index (χ2n) is 8.16. The number of rotatable bonds is 10. The maximum Gasteiger partial charge on any atom is 0.244 e. The van der Waals surface area contributed by atoms with Crippen LogP contribution in [0.15, 0.2) is 46.9 Å². The van der Waals surface area contributed by atoms with E-state index in [4.69, 9.17) is 0 Å². The molecule has 180 valence electrons. The van der Waals surface area contributed by atoms with Crippen LogP contribution >= 0.6 is 15.9 Å². The van der Waals surface area contributed by atoms with E-state index >= 15 is 0 Å². The van der Waals surface area contributed by atoms with Crippen LogP contribution in [0.4, 0.5) is 5.69 Å². The van der Waals surface area contributed by atoms with Gasteiger partial charge in [0, 0.05) is 17.6 Å². The van der Waals surface area contributed by atoms with Crippen LogP contribution in [-0.4, -0.2) is 50.5 Å². The Labute approximate surface area is 205 Å². The first-order valence-electron chi connectivity index (χ1n) is 10.8. The molecule has 0 fully saturated rings. The topological polar surface area (TPSA) is 86.8 Å². The fourth-order valence-corrected chi connectivity index (χ4v) is 4.59. The van der Waals surface area contributed by atoms with Crippen LogP contribution in [0, 0.1) is 13.8 Å². The number of hydrogen-bond donors (Lipinski definition) is 1. The van der Waals surface area contributed by atoms with Gasteiger partial charge in [-0.05, 0) is 68.1 Å². The highest BCUT2D eigenvalue weighted by Gasteiger charge is 2.30. The third kappa shape index (κ3) is 7.57. The fraction of sp³-hybridized carbons (Fsp3) is 0.417. The van der Waals surface area contributed by atoms with Crippen molar-refractivity contribution >= 4 is 43.5 Å². The van der Waals surface area contributed by atoms with Crippen LogP contribution in [0.25, 0.3) is 0 Å². The van der Waals surface area contributed by atoms with Gasteiger partial charge in [0.1, 0.15) is 12.6 Å². The van der Waals surface area contributed by atoms with E-state index in [2.05, 4.69) is 21.2 Å². The molecule has 33 heavy (non-hydrogen) atoms. The number of nitrogens with one attached hydrogen (secondary N) is 1. The molecule has 0 spiro atoms. The molecule has 2 rings (SSSR count). The predicted molar refractivity (Wildman–Crippen MR) is 136 cm³/mol. The molecule has 0 saturated carbocycles. The fourth-order valence-electron chi connectivity index (χ4n) is 3.30. The molecule has 0 saturated heterocycles. The number of hydrogen-bond acceptors (Lipinski definition) is 4. The lowest BCUT2D eigenvalue weighted by Crippen LogP contribution is -2.51. The number of nitrogens with zero attached hydrogens (tertiary/aromatic N) is 2. The van der Waals surface area contributed by atoms with E-state index in [1.165, 1.54) is 4.90 Å². The highest BCUT2D eigenvalue weighted by atomic mass is 79.9. The number of halogens is 1. The number of anilines is 1. The Morgan fingerprint density at radius 1 is 1.09 bits per heavy atom. The monoisotopic (exact) mass is 537 g/mol. The zero-order chi connectivity index (χ0) is 24.8. The van der Waals surface area contributed by atoms with E-state index in [9.17, 15) is 18.0 Å². The first-order chi connectivity index (χ1) is 15.4. The Kier molecular flexibility index (Phi) is 9.48. The van der Waals surface area contributed by atoms with Crippen molar-refractivity contribution in [3.63, 3.8) is 0 Å². The second-order valence-corrected chi connectivity index (χ2v) is 11.0. The summed E-state index contributed by atoms with van der Waals surface area (Å²) in [5.41, 5.74) is 3.19. The van der Waals surface area contributed by atoms with E-state index in [0.29, 0.717) is 12.2 Å². The van der Waals surface area contributed by atoms with Gasteiger partial charge in [-0.25, -0.2) is 8.42 Å². The molecule has 1 unspecified atom stereocenters. The van der Waals surface area contributed by atoms with E-state index in [1.54, 1.807) is 19.1 Å². The van der Waals surface area contributed by atoms with Crippen LogP contribution in [0.5, 0.6) is 0 Å². The Bertz CT molecular complexity index is 1100. The zero-order valence-corrected chi connectivity index (χ0v) is 22.2. The molecule has 7 nitrogen and oxygen atoms in total. The number of carbonyl (C=O) groups excluding carboxylic acids is 2. The average molecular weight is 539 g/mol. The van der Waals surface area contributed by atoms with Gasteiger partial charge in [-0.3, -0.25) is 13.9 Å². The van der Waals surface area contributed by atoms with Crippen LogP contribution in [-0.2, 0) is 26.2 Å². The van der Waals surface area contributed by atoms with Crippen molar-refractivity contribution in [2.24, 2.45) is 0 Å². The zero-order valence-electron chi connectivity index (χ0n) is 19.8. The minimum absolute atomic E-state index is 0.170. The standard InChI is InChI=1S/C24H32BrN3O4S/c1-6-12-26-24(30)19(4)27(15-20-8-7-9-21(25)14-20)23(29)16-28(33(5,31)32)22-11-10-17(2)18(3)13-22/h7-11,13-14,19H,6,12,15-16H2,1-5H3,(H,26,30). The predicted octanol–water partition coefficient (Wildman–Crippen LogP) is 3.78. The molecule has 9 heteroatoms. The molecule has 1 N–H and O–H groups in total. The number of carbonyl (C=O) groups is 2. The summed E-state index contributed by atoms with van der Waals surface area (Å²) >= 11 is 3.43. The highest BCUT2D eigenvalue weighted by Crippen LogP contribution is 2.22. The summed E-state index contributed by atoms with van der Waals surface area (Å²) in [7, 11) is -3.74. The molecular formula is C24H32BrN3O4S. The summed E-state index contributed by atoms with van der Waals surface area (Å²) in [6.45, 7) is 7.70. The van der Waals surface area contributed by atoms with Crippen molar-refractivity contribution in [1.29, 1.82) is 0 Å². The molecule has 0 aliphatic rings. The third-order valence-electron chi connectivity index (χ3n) is 5.42.